The van der Waals surface area contributed by atoms with Crippen molar-refractivity contribution in [2.75, 3.05) is 0 Å². The maximum Gasteiger partial charge on any atom is 0.0136 e. The SMILES string of the molecule is CCC1CCCC(C(N)C(CC)c2ccccc2)C1. The summed E-state index contributed by atoms with van der Waals surface area (Å²) < 4.78 is 0. The van der Waals surface area contributed by atoms with Crippen molar-refractivity contribution in [3.05, 3.63) is 35.9 Å². The summed E-state index contributed by atoms with van der Waals surface area (Å²) in [6.45, 7) is 4.60. The number of benzene rings is 1. The second-order valence-electron chi connectivity index (χ2n) is 6.20. The molecule has 2 N–H and O–H groups in total. The van der Waals surface area contributed by atoms with Gasteiger partial charge in [0.15, 0.2) is 0 Å². The molecular weight excluding hydrogens is 230 g/mol. The Hall–Kier alpha value is -0.820. The number of hydrogen-bond acceptors (Lipinski definition) is 1. The van der Waals surface area contributed by atoms with Crippen LogP contribution in [0.1, 0.15) is 63.9 Å². The standard InChI is InChI=1S/C18H29N/c1-3-14-9-8-12-16(13-14)18(19)17(4-2)15-10-6-5-7-11-15/h5-7,10-11,14,16-18H,3-4,8-9,12-13,19H2,1-2H3. The fourth-order valence-electron chi connectivity index (χ4n) is 3.81. The summed E-state index contributed by atoms with van der Waals surface area (Å²) in [6.07, 6.45) is 7.95. The molecule has 1 aromatic carbocycles. The van der Waals surface area contributed by atoms with Crippen LogP contribution < -0.4 is 5.73 Å². The fourth-order valence-corrected chi connectivity index (χ4v) is 3.81. The molecule has 19 heavy (non-hydrogen) atoms. The highest BCUT2D eigenvalue weighted by atomic mass is 14.7. The fraction of sp³-hybridized carbons (Fsp3) is 0.667. The van der Waals surface area contributed by atoms with E-state index >= 15 is 0 Å². The van der Waals surface area contributed by atoms with Crippen LogP contribution in [0.4, 0.5) is 0 Å². The normalized spacial score (nSPS) is 26.9. The van der Waals surface area contributed by atoms with Crippen LogP contribution in [0.15, 0.2) is 30.3 Å². The van der Waals surface area contributed by atoms with Crippen molar-refractivity contribution in [2.24, 2.45) is 17.6 Å². The van der Waals surface area contributed by atoms with Gasteiger partial charge in [-0.1, -0.05) is 63.4 Å². The smallest absolute Gasteiger partial charge is 0.0136 e. The first kappa shape index (κ1) is 14.6. The van der Waals surface area contributed by atoms with Gasteiger partial charge in [0.25, 0.3) is 0 Å². The van der Waals surface area contributed by atoms with Crippen LogP contribution in [0.3, 0.4) is 0 Å². The van der Waals surface area contributed by atoms with E-state index in [1.54, 1.807) is 0 Å². The lowest BCUT2D eigenvalue weighted by molar-refractivity contribution is 0.212. The first-order valence-electron chi connectivity index (χ1n) is 8.06. The summed E-state index contributed by atoms with van der Waals surface area (Å²) in [4.78, 5) is 0. The minimum atomic E-state index is 0.335. The zero-order valence-electron chi connectivity index (χ0n) is 12.5. The van der Waals surface area contributed by atoms with E-state index < -0.39 is 0 Å². The van der Waals surface area contributed by atoms with E-state index in [4.69, 9.17) is 5.73 Å². The van der Waals surface area contributed by atoms with E-state index in [2.05, 4.69) is 44.2 Å². The van der Waals surface area contributed by atoms with Gasteiger partial charge in [0, 0.05) is 6.04 Å². The lowest BCUT2D eigenvalue weighted by Gasteiger charge is -2.36. The summed E-state index contributed by atoms with van der Waals surface area (Å²) in [5, 5.41) is 0. The molecule has 1 nitrogen and oxygen atoms in total. The van der Waals surface area contributed by atoms with Crippen LogP contribution in [0, 0.1) is 11.8 Å². The first-order valence-corrected chi connectivity index (χ1v) is 8.06. The van der Waals surface area contributed by atoms with Crippen LogP contribution in [-0.4, -0.2) is 6.04 Å². The van der Waals surface area contributed by atoms with Crippen LogP contribution in [-0.2, 0) is 0 Å². The summed E-state index contributed by atoms with van der Waals surface area (Å²) in [5.41, 5.74) is 8.08. The van der Waals surface area contributed by atoms with Crippen molar-refractivity contribution in [3.63, 3.8) is 0 Å². The molecule has 1 saturated carbocycles. The molecule has 0 amide bonds. The Morgan fingerprint density at radius 1 is 1.16 bits per heavy atom. The molecule has 4 atom stereocenters. The third-order valence-electron chi connectivity index (χ3n) is 5.08. The van der Waals surface area contributed by atoms with Crippen LogP contribution in [0.2, 0.25) is 0 Å². The average Bonchev–Trinajstić information content (AvgIpc) is 2.49. The van der Waals surface area contributed by atoms with E-state index in [9.17, 15) is 0 Å². The largest absolute Gasteiger partial charge is 0.327 e. The van der Waals surface area contributed by atoms with Gasteiger partial charge in [-0.2, -0.15) is 0 Å². The van der Waals surface area contributed by atoms with Gasteiger partial charge in [-0.05, 0) is 42.6 Å². The van der Waals surface area contributed by atoms with E-state index in [0.717, 1.165) is 18.3 Å². The first-order chi connectivity index (χ1) is 9.26. The predicted molar refractivity (Wildman–Crippen MR) is 83.2 cm³/mol. The molecule has 1 aromatic rings. The Bertz CT molecular complexity index is 359. The minimum Gasteiger partial charge on any atom is -0.327 e. The number of hydrogen-bond donors (Lipinski definition) is 1. The third-order valence-corrected chi connectivity index (χ3v) is 5.08. The third kappa shape index (κ3) is 3.60. The molecule has 106 valence electrons. The van der Waals surface area contributed by atoms with Crippen LogP contribution in [0.5, 0.6) is 0 Å². The zero-order chi connectivity index (χ0) is 13.7. The molecule has 1 fully saturated rings. The summed E-state index contributed by atoms with van der Waals surface area (Å²) >= 11 is 0. The highest BCUT2D eigenvalue weighted by Crippen LogP contribution is 2.37. The average molecular weight is 259 g/mol. The van der Waals surface area contributed by atoms with Gasteiger partial charge in [-0.3, -0.25) is 0 Å². The topological polar surface area (TPSA) is 26.0 Å². The number of nitrogens with two attached hydrogens (primary N) is 1. The lowest BCUT2D eigenvalue weighted by atomic mass is 9.72. The molecule has 0 radical (unpaired) electrons. The van der Waals surface area contributed by atoms with Gasteiger partial charge in [-0.25, -0.2) is 0 Å². The Labute approximate surface area is 118 Å². The molecule has 1 aliphatic carbocycles. The maximum atomic E-state index is 6.65. The van der Waals surface area contributed by atoms with Crippen LogP contribution in [0.25, 0.3) is 0 Å². The van der Waals surface area contributed by atoms with Crippen molar-refractivity contribution >= 4 is 0 Å². The van der Waals surface area contributed by atoms with E-state index in [1.807, 2.05) is 0 Å². The maximum absolute atomic E-state index is 6.65. The Kier molecular flexibility index (Phi) is 5.45. The van der Waals surface area contributed by atoms with Crippen LogP contribution >= 0.6 is 0 Å². The van der Waals surface area contributed by atoms with E-state index in [1.165, 1.54) is 37.7 Å². The Morgan fingerprint density at radius 2 is 1.89 bits per heavy atom. The number of rotatable bonds is 5. The second-order valence-corrected chi connectivity index (χ2v) is 6.20. The predicted octanol–water partition coefficient (Wildman–Crippen LogP) is 4.72. The van der Waals surface area contributed by atoms with Crippen molar-refractivity contribution in [1.82, 2.24) is 0 Å². The quantitative estimate of drug-likeness (QED) is 0.813. The van der Waals surface area contributed by atoms with Gasteiger partial charge in [0.1, 0.15) is 0 Å². The van der Waals surface area contributed by atoms with Gasteiger partial charge in [-0.15, -0.1) is 0 Å². The molecule has 1 aliphatic rings. The van der Waals surface area contributed by atoms with Crippen molar-refractivity contribution in [2.45, 2.75) is 64.3 Å². The monoisotopic (exact) mass is 259 g/mol. The molecule has 0 aliphatic heterocycles. The highest BCUT2D eigenvalue weighted by Gasteiger charge is 2.30. The molecular formula is C18H29N. The van der Waals surface area contributed by atoms with Crippen molar-refractivity contribution in [1.29, 1.82) is 0 Å². The minimum absolute atomic E-state index is 0.335. The van der Waals surface area contributed by atoms with Gasteiger partial charge < -0.3 is 5.73 Å². The highest BCUT2D eigenvalue weighted by molar-refractivity contribution is 5.21. The zero-order valence-corrected chi connectivity index (χ0v) is 12.5. The molecule has 0 heterocycles. The lowest BCUT2D eigenvalue weighted by Crippen LogP contribution is -2.38. The second kappa shape index (κ2) is 7.09. The molecule has 0 bridgehead atoms. The van der Waals surface area contributed by atoms with Crippen molar-refractivity contribution in [3.8, 4) is 0 Å². The van der Waals surface area contributed by atoms with Gasteiger partial charge >= 0.3 is 0 Å². The summed E-state index contributed by atoms with van der Waals surface area (Å²) in [5.74, 6) is 2.17. The molecule has 2 rings (SSSR count). The molecule has 1 heteroatoms. The van der Waals surface area contributed by atoms with Crippen molar-refractivity contribution < 1.29 is 0 Å². The summed E-state index contributed by atoms with van der Waals surface area (Å²) in [6, 6.07) is 11.2. The summed E-state index contributed by atoms with van der Waals surface area (Å²) in [7, 11) is 0. The Balaban J connectivity index is 2.06. The van der Waals surface area contributed by atoms with Gasteiger partial charge in [0.2, 0.25) is 0 Å². The van der Waals surface area contributed by atoms with Gasteiger partial charge in [0.05, 0.1) is 0 Å². The molecule has 0 aromatic heterocycles. The molecule has 0 saturated heterocycles. The molecule has 4 unspecified atom stereocenters. The Morgan fingerprint density at radius 3 is 2.53 bits per heavy atom. The van der Waals surface area contributed by atoms with E-state index in [0.29, 0.717) is 12.0 Å². The molecule has 0 spiro atoms. The van der Waals surface area contributed by atoms with E-state index in [-0.39, 0.29) is 0 Å².